The van der Waals surface area contributed by atoms with Gasteiger partial charge in [0.25, 0.3) is 5.91 Å². The highest BCUT2D eigenvalue weighted by molar-refractivity contribution is 7.89. The third-order valence-electron chi connectivity index (χ3n) is 3.94. The maximum Gasteiger partial charge on any atom is 0.322 e. The first kappa shape index (κ1) is 19.5. The lowest BCUT2D eigenvalue weighted by Gasteiger charge is -2.23. The van der Waals surface area contributed by atoms with Crippen molar-refractivity contribution in [1.29, 1.82) is 0 Å². The number of ether oxygens (including phenoxy) is 1. The fourth-order valence-electron chi connectivity index (χ4n) is 2.77. The van der Waals surface area contributed by atoms with E-state index in [4.69, 9.17) is 16.3 Å². The van der Waals surface area contributed by atoms with Gasteiger partial charge in [0.2, 0.25) is 10.0 Å². The third kappa shape index (κ3) is 3.58. The number of sulfonamides is 1. The second-order valence-corrected chi connectivity index (χ2v) is 8.09. The van der Waals surface area contributed by atoms with Crippen LogP contribution in [0.3, 0.4) is 0 Å². The standard InChI is InChI=1S/C15H19ClN2O6S/c1-17(2)14(19)10-7-9(16)8-12(13(10)24-3)25(22,23)18-6-4-5-11(18)15(20)21/h7-8,11H,4-6H2,1-3H3,(H,20,21). The maximum absolute atomic E-state index is 13.0. The predicted molar refractivity (Wildman–Crippen MR) is 90.6 cm³/mol. The summed E-state index contributed by atoms with van der Waals surface area (Å²) in [5.41, 5.74) is -0.00959. The van der Waals surface area contributed by atoms with E-state index in [0.29, 0.717) is 6.42 Å². The average Bonchev–Trinajstić information content (AvgIpc) is 3.03. The van der Waals surface area contributed by atoms with Crippen molar-refractivity contribution in [2.75, 3.05) is 27.7 Å². The van der Waals surface area contributed by atoms with Crippen LogP contribution in [0.5, 0.6) is 5.75 Å². The second kappa shape index (κ2) is 7.19. The molecule has 2 rings (SSSR count). The van der Waals surface area contributed by atoms with Crippen LogP contribution in [0.1, 0.15) is 23.2 Å². The zero-order valence-corrected chi connectivity index (χ0v) is 15.6. The van der Waals surface area contributed by atoms with Gasteiger partial charge >= 0.3 is 5.97 Å². The van der Waals surface area contributed by atoms with Crippen molar-refractivity contribution in [2.24, 2.45) is 0 Å². The van der Waals surface area contributed by atoms with Crippen LogP contribution < -0.4 is 4.74 Å². The Morgan fingerprint density at radius 2 is 2.00 bits per heavy atom. The summed E-state index contributed by atoms with van der Waals surface area (Å²) < 4.78 is 32.1. The number of nitrogens with zero attached hydrogens (tertiary/aromatic N) is 2. The lowest BCUT2D eigenvalue weighted by atomic mass is 10.2. The number of carbonyl (C=O) groups excluding carboxylic acids is 1. The van der Waals surface area contributed by atoms with E-state index in [1.165, 1.54) is 38.2 Å². The molecule has 1 aliphatic heterocycles. The van der Waals surface area contributed by atoms with E-state index < -0.39 is 27.9 Å². The summed E-state index contributed by atoms with van der Waals surface area (Å²) in [6.45, 7) is 0.0753. The molecule has 0 aliphatic carbocycles. The highest BCUT2D eigenvalue weighted by Gasteiger charge is 2.41. The number of benzene rings is 1. The molecule has 8 nitrogen and oxygen atoms in total. The van der Waals surface area contributed by atoms with Gasteiger partial charge in [0, 0.05) is 25.7 Å². The number of carbonyl (C=O) groups is 2. The minimum Gasteiger partial charge on any atom is -0.494 e. The lowest BCUT2D eigenvalue weighted by Crippen LogP contribution is -2.40. The van der Waals surface area contributed by atoms with Gasteiger partial charge in [0.1, 0.15) is 10.9 Å². The Morgan fingerprint density at radius 1 is 1.36 bits per heavy atom. The van der Waals surface area contributed by atoms with Crippen molar-refractivity contribution in [2.45, 2.75) is 23.8 Å². The first-order valence-electron chi connectivity index (χ1n) is 7.45. The third-order valence-corrected chi connectivity index (χ3v) is 6.07. The zero-order chi connectivity index (χ0) is 18.9. The van der Waals surface area contributed by atoms with Gasteiger partial charge in [-0.15, -0.1) is 0 Å². The van der Waals surface area contributed by atoms with E-state index in [1.54, 1.807) is 0 Å². The average molecular weight is 391 g/mol. The molecule has 1 N–H and O–H groups in total. The number of rotatable bonds is 5. The van der Waals surface area contributed by atoms with Crippen molar-refractivity contribution in [3.63, 3.8) is 0 Å². The molecule has 1 fully saturated rings. The van der Waals surface area contributed by atoms with E-state index in [-0.39, 0.29) is 34.2 Å². The molecule has 1 aliphatic rings. The number of methoxy groups -OCH3 is 1. The highest BCUT2D eigenvalue weighted by Crippen LogP contribution is 2.36. The largest absolute Gasteiger partial charge is 0.494 e. The van der Waals surface area contributed by atoms with Gasteiger partial charge in [-0.2, -0.15) is 4.31 Å². The van der Waals surface area contributed by atoms with Crippen molar-refractivity contribution in [1.82, 2.24) is 9.21 Å². The van der Waals surface area contributed by atoms with E-state index >= 15 is 0 Å². The van der Waals surface area contributed by atoms with Gasteiger partial charge in [0.05, 0.1) is 12.7 Å². The molecule has 0 bridgehead atoms. The molecule has 25 heavy (non-hydrogen) atoms. The van der Waals surface area contributed by atoms with Gasteiger partial charge in [-0.25, -0.2) is 8.42 Å². The fraction of sp³-hybridized carbons (Fsp3) is 0.467. The number of aliphatic carboxylic acids is 1. The number of carboxylic acids is 1. The molecule has 1 unspecified atom stereocenters. The molecule has 0 aromatic heterocycles. The molecule has 0 spiro atoms. The SMILES string of the molecule is COc1c(C(=O)N(C)C)cc(Cl)cc1S(=O)(=O)N1CCCC1C(=O)O. The summed E-state index contributed by atoms with van der Waals surface area (Å²) >= 11 is 6.01. The van der Waals surface area contributed by atoms with Gasteiger partial charge in [-0.05, 0) is 25.0 Å². The van der Waals surface area contributed by atoms with E-state index in [0.717, 1.165) is 4.31 Å². The van der Waals surface area contributed by atoms with Crippen LogP contribution in [0.25, 0.3) is 0 Å². The van der Waals surface area contributed by atoms with Gasteiger partial charge in [-0.3, -0.25) is 9.59 Å². The predicted octanol–water partition coefficient (Wildman–Crippen LogP) is 1.29. The van der Waals surface area contributed by atoms with Crippen LogP contribution in [0.2, 0.25) is 5.02 Å². The molecule has 1 atom stereocenters. The van der Waals surface area contributed by atoms with Crippen LogP contribution in [0.4, 0.5) is 0 Å². The topological polar surface area (TPSA) is 104 Å². The monoisotopic (exact) mass is 390 g/mol. The number of carboxylic acid groups (broad SMARTS) is 1. The van der Waals surface area contributed by atoms with Crippen molar-refractivity contribution in [3.05, 3.63) is 22.7 Å². The Morgan fingerprint density at radius 3 is 2.52 bits per heavy atom. The number of amides is 1. The minimum absolute atomic E-state index is 0.00959. The Kier molecular flexibility index (Phi) is 5.60. The summed E-state index contributed by atoms with van der Waals surface area (Å²) in [5.74, 6) is -1.85. The van der Waals surface area contributed by atoms with Crippen LogP contribution in [-0.4, -0.2) is 68.4 Å². The smallest absolute Gasteiger partial charge is 0.322 e. The summed E-state index contributed by atoms with van der Waals surface area (Å²) in [4.78, 5) is 24.6. The Hall–Kier alpha value is -1.84. The zero-order valence-electron chi connectivity index (χ0n) is 14.0. The van der Waals surface area contributed by atoms with E-state index in [2.05, 4.69) is 0 Å². The molecule has 138 valence electrons. The molecule has 0 saturated carbocycles. The Bertz CT molecular complexity index is 808. The molecule has 1 heterocycles. The van der Waals surface area contributed by atoms with Gasteiger partial charge < -0.3 is 14.7 Å². The Balaban J connectivity index is 2.65. The summed E-state index contributed by atoms with van der Waals surface area (Å²) in [5, 5.41) is 9.30. The molecule has 1 aromatic carbocycles. The molecule has 1 saturated heterocycles. The molecule has 1 amide bonds. The normalized spacial score (nSPS) is 18.2. The van der Waals surface area contributed by atoms with Crippen molar-refractivity contribution in [3.8, 4) is 5.75 Å². The van der Waals surface area contributed by atoms with Gasteiger partial charge in [-0.1, -0.05) is 11.6 Å². The minimum atomic E-state index is -4.21. The number of hydrogen-bond donors (Lipinski definition) is 1. The van der Waals surface area contributed by atoms with Crippen molar-refractivity contribution < 1.29 is 27.9 Å². The van der Waals surface area contributed by atoms with Crippen molar-refractivity contribution >= 4 is 33.5 Å². The number of halogens is 1. The first-order chi connectivity index (χ1) is 11.6. The fourth-order valence-corrected chi connectivity index (χ4v) is 4.91. The summed E-state index contributed by atoms with van der Waals surface area (Å²) in [7, 11) is 0.0592. The lowest BCUT2D eigenvalue weighted by molar-refractivity contribution is -0.140. The van der Waals surface area contributed by atoms with Gasteiger partial charge in [0.15, 0.2) is 5.75 Å². The molecule has 10 heteroatoms. The quantitative estimate of drug-likeness (QED) is 0.812. The van der Waals surface area contributed by atoms with Crippen LogP contribution in [0.15, 0.2) is 17.0 Å². The van der Waals surface area contributed by atoms with E-state index in [1.807, 2.05) is 0 Å². The number of hydrogen-bond acceptors (Lipinski definition) is 5. The van der Waals surface area contributed by atoms with Crippen LogP contribution in [0, 0.1) is 0 Å². The van der Waals surface area contributed by atoms with Crippen LogP contribution in [-0.2, 0) is 14.8 Å². The van der Waals surface area contributed by atoms with E-state index in [9.17, 15) is 23.1 Å². The molecular weight excluding hydrogens is 372 g/mol. The highest BCUT2D eigenvalue weighted by atomic mass is 35.5. The second-order valence-electron chi connectivity index (χ2n) is 5.80. The first-order valence-corrected chi connectivity index (χ1v) is 9.27. The summed E-state index contributed by atoms with van der Waals surface area (Å²) in [6.07, 6.45) is 0.656. The molecular formula is C15H19ClN2O6S. The maximum atomic E-state index is 13.0. The molecule has 0 radical (unpaired) electrons. The Labute approximate surface area is 151 Å². The summed E-state index contributed by atoms with van der Waals surface area (Å²) in [6, 6.07) is 1.33. The van der Waals surface area contributed by atoms with Crippen LogP contribution >= 0.6 is 11.6 Å². The molecule has 1 aromatic rings.